The second-order valence-electron chi connectivity index (χ2n) is 3.78. The van der Waals surface area contributed by atoms with Gasteiger partial charge in [0.2, 0.25) is 0 Å². The fourth-order valence-corrected chi connectivity index (χ4v) is 1.69. The molecular formula is C14H16N2O2. The van der Waals surface area contributed by atoms with E-state index in [0.717, 1.165) is 17.1 Å². The maximum Gasteiger partial charge on any atom is 0.143 e. The van der Waals surface area contributed by atoms with Crippen molar-refractivity contribution in [3.8, 4) is 11.5 Å². The molecular weight excluding hydrogens is 228 g/mol. The zero-order valence-corrected chi connectivity index (χ0v) is 10.4. The van der Waals surface area contributed by atoms with E-state index in [4.69, 9.17) is 15.2 Å². The van der Waals surface area contributed by atoms with Crippen molar-refractivity contribution in [3.63, 3.8) is 0 Å². The highest BCUT2D eigenvalue weighted by atomic mass is 16.5. The molecule has 2 rings (SSSR count). The molecule has 0 unspecified atom stereocenters. The molecule has 0 atom stereocenters. The van der Waals surface area contributed by atoms with Crippen LogP contribution in [0, 0.1) is 0 Å². The van der Waals surface area contributed by atoms with Crippen molar-refractivity contribution in [2.24, 2.45) is 0 Å². The van der Waals surface area contributed by atoms with Gasteiger partial charge in [0.25, 0.3) is 0 Å². The Balaban J connectivity index is 2.28. The first-order valence-corrected chi connectivity index (χ1v) is 5.58. The summed E-state index contributed by atoms with van der Waals surface area (Å²) in [4.78, 5) is 0. The number of rotatable bonds is 4. The van der Waals surface area contributed by atoms with Gasteiger partial charge in [-0.3, -0.25) is 0 Å². The Hall–Kier alpha value is -2.36. The van der Waals surface area contributed by atoms with Crippen LogP contribution in [-0.4, -0.2) is 14.2 Å². The van der Waals surface area contributed by atoms with Crippen molar-refractivity contribution >= 4 is 17.1 Å². The molecule has 0 heterocycles. The lowest BCUT2D eigenvalue weighted by Crippen LogP contribution is -1.99. The lowest BCUT2D eigenvalue weighted by molar-refractivity contribution is 0.415. The van der Waals surface area contributed by atoms with Gasteiger partial charge < -0.3 is 20.5 Å². The smallest absolute Gasteiger partial charge is 0.143 e. The predicted octanol–water partition coefficient (Wildman–Crippen LogP) is 3.03. The van der Waals surface area contributed by atoms with Gasteiger partial charge in [0.05, 0.1) is 25.6 Å². The Morgan fingerprint density at radius 3 is 2.50 bits per heavy atom. The molecule has 2 aromatic rings. The highest BCUT2D eigenvalue weighted by Crippen LogP contribution is 2.31. The van der Waals surface area contributed by atoms with E-state index < -0.39 is 0 Å². The van der Waals surface area contributed by atoms with Gasteiger partial charge in [0.15, 0.2) is 0 Å². The summed E-state index contributed by atoms with van der Waals surface area (Å²) in [7, 11) is 3.24. The molecule has 0 fully saturated rings. The molecule has 0 aromatic heterocycles. The second-order valence-corrected chi connectivity index (χ2v) is 3.78. The summed E-state index contributed by atoms with van der Waals surface area (Å²) in [6.07, 6.45) is 0. The van der Waals surface area contributed by atoms with Crippen molar-refractivity contribution in [2.45, 2.75) is 0 Å². The highest BCUT2D eigenvalue weighted by Gasteiger charge is 2.05. The molecule has 0 spiro atoms. The zero-order valence-electron chi connectivity index (χ0n) is 10.4. The first-order chi connectivity index (χ1) is 8.74. The van der Waals surface area contributed by atoms with Crippen molar-refractivity contribution < 1.29 is 9.47 Å². The molecule has 94 valence electrons. The number of ether oxygens (including phenoxy) is 2. The summed E-state index contributed by atoms with van der Waals surface area (Å²) < 4.78 is 10.4. The van der Waals surface area contributed by atoms with E-state index in [9.17, 15) is 0 Å². The van der Waals surface area contributed by atoms with Gasteiger partial charge in [-0.1, -0.05) is 12.1 Å². The molecule has 0 aliphatic carbocycles. The Labute approximate surface area is 106 Å². The largest absolute Gasteiger partial charge is 0.497 e. The monoisotopic (exact) mass is 244 g/mol. The number of nitrogens with two attached hydrogens (primary N) is 1. The molecule has 3 N–H and O–H groups in total. The number of benzene rings is 2. The standard InChI is InChI=1S/C14H16N2O2/c1-17-11-6-3-5-10(9-11)16-12-7-4-8-13(18-2)14(12)15/h3-9,16H,15H2,1-2H3. The van der Waals surface area contributed by atoms with Gasteiger partial charge in [-0.25, -0.2) is 0 Å². The summed E-state index contributed by atoms with van der Waals surface area (Å²) in [6.45, 7) is 0. The van der Waals surface area contributed by atoms with Crippen molar-refractivity contribution in [2.75, 3.05) is 25.3 Å². The molecule has 18 heavy (non-hydrogen) atoms. The van der Waals surface area contributed by atoms with Crippen LogP contribution in [0.2, 0.25) is 0 Å². The first-order valence-electron chi connectivity index (χ1n) is 5.58. The topological polar surface area (TPSA) is 56.5 Å². The van der Waals surface area contributed by atoms with Crippen molar-refractivity contribution in [3.05, 3.63) is 42.5 Å². The van der Waals surface area contributed by atoms with Crippen LogP contribution in [0.5, 0.6) is 11.5 Å². The third-order valence-electron chi connectivity index (χ3n) is 2.63. The van der Waals surface area contributed by atoms with Gasteiger partial charge in [0.1, 0.15) is 11.5 Å². The third-order valence-corrected chi connectivity index (χ3v) is 2.63. The summed E-state index contributed by atoms with van der Waals surface area (Å²) >= 11 is 0. The van der Waals surface area contributed by atoms with E-state index in [1.54, 1.807) is 14.2 Å². The molecule has 0 radical (unpaired) electrons. The number of nitrogen functional groups attached to an aromatic ring is 1. The van der Waals surface area contributed by atoms with Crippen LogP contribution in [0.4, 0.5) is 17.1 Å². The first kappa shape index (κ1) is 12.1. The second kappa shape index (κ2) is 5.31. The fraction of sp³-hybridized carbons (Fsp3) is 0.143. The average Bonchev–Trinajstić information content (AvgIpc) is 2.41. The number of hydrogen-bond acceptors (Lipinski definition) is 4. The predicted molar refractivity (Wildman–Crippen MR) is 73.7 cm³/mol. The molecule has 2 aromatic carbocycles. The van der Waals surface area contributed by atoms with Crippen molar-refractivity contribution in [1.29, 1.82) is 0 Å². The van der Waals surface area contributed by atoms with Gasteiger partial charge in [-0.05, 0) is 24.3 Å². The maximum absolute atomic E-state index is 5.99. The number of hydrogen-bond donors (Lipinski definition) is 2. The van der Waals surface area contributed by atoms with Gasteiger partial charge >= 0.3 is 0 Å². The third kappa shape index (κ3) is 2.48. The molecule has 4 nitrogen and oxygen atoms in total. The summed E-state index contributed by atoms with van der Waals surface area (Å²) in [5.41, 5.74) is 8.30. The van der Waals surface area contributed by atoms with E-state index in [-0.39, 0.29) is 0 Å². The minimum Gasteiger partial charge on any atom is -0.497 e. The summed E-state index contributed by atoms with van der Waals surface area (Å²) in [5, 5.41) is 3.24. The van der Waals surface area contributed by atoms with Gasteiger partial charge in [0, 0.05) is 11.8 Å². The summed E-state index contributed by atoms with van der Waals surface area (Å²) in [6, 6.07) is 13.3. The summed E-state index contributed by atoms with van der Waals surface area (Å²) in [5.74, 6) is 1.45. The van der Waals surface area contributed by atoms with Crippen LogP contribution in [0.25, 0.3) is 0 Å². The van der Waals surface area contributed by atoms with E-state index in [1.807, 2.05) is 42.5 Å². The van der Waals surface area contributed by atoms with Crippen LogP contribution in [0.15, 0.2) is 42.5 Å². The minimum atomic E-state index is 0.586. The lowest BCUT2D eigenvalue weighted by atomic mass is 10.2. The zero-order chi connectivity index (χ0) is 13.0. The Kier molecular flexibility index (Phi) is 3.57. The van der Waals surface area contributed by atoms with Crippen molar-refractivity contribution in [1.82, 2.24) is 0 Å². The maximum atomic E-state index is 5.99. The molecule has 4 heteroatoms. The van der Waals surface area contributed by atoms with Crippen LogP contribution < -0.4 is 20.5 Å². The number of methoxy groups -OCH3 is 2. The van der Waals surface area contributed by atoms with Gasteiger partial charge in [-0.2, -0.15) is 0 Å². The Morgan fingerprint density at radius 2 is 1.78 bits per heavy atom. The minimum absolute atomic E-state index is 0.586. The van der Waals surface area contributed by atoms with E-state index >= 15 is 0 Å². The lowest BCUT2D eigenvalue weighted by Gasteiger charge is -2.12. The fourth-order valence-electron chi connectivity index (χ4n) is 1.69. The molecule has 0 saturated heterocycles. The van der Waals surface area contributed by atoms with Crippen LogP contribution in [0.1, 0.15) is 0 Å². The quantitative estimate of drug-likeness (QED) is 0.812. The van der Waals surface area contributed by atoms with Crippen LogP contribution >= 0.6 is 0 Å². The number of anilines is 3. The van der Waals surface area contributed by atoms with Gasteiger partial charge in [-0.15, -0.1) is 0 Å². The highest BCUT2D eigenvalue weighted by molar-refractivity contribution is 5.77. The number of nitrogens with one attached hydrogen (secondary N) is 1. The Morgan fingerprint density at radius 1 is 1.00 bits per heavy atom. The van der Waals surface area contributed by atoms with E-state index in [2.05, 4.69) is 5.32 Å². The molecule has 0 amide bonds. The number of para-hydroxylation sites is 1. The molecule has 0 aliphatic heterocycles. The van der Waals surface area contributed by atoms with E-state index in [1.165, 1.54) is 0 Å². The molecule has 0 bridgehead atoms. The van der Waals surface area contributed by atoms with Crippen LogP contribution in [-0.2, 0) is 0 Å². The van der Waals surface area contributed by atoms with E-state index in [0.29, 0.717) is 11.4 Å². The molecule has 0 saturated carbocycles. The normalized spacial score (nSPS) is 9.89. The Bertz CT molecular complexity index is 541. The van der Waals surface area contributed by atoms with Crippen LogP contribution in [0.3, 0.4) is 0 Å². The SMILES string of the molecule is COc1cccc(Nc2cccc(OC)c2N)c1. The average molecular weight is 244 g/mol. The molecule has 0 aliphatic rings.